The van der Waals surface area contributed by atoms with Crippen molar-refractivity contribution in [2.45, 2.75) is 6.92 Å². The number of para-hydroxylation sites is 1. The summed E-state index contributed by atoms with van der Waals surface area (Å²) in [5.74, 6) is -2.74. The minimum Gasteiger partial charge on any atom is -0.481 e. The molecule has 0 aromatic heterocycles. The number of nitrogens with one attached hydrogen (secondary N) is 1. The van der Waals surface area contributed by atoms with E-state index in [-0.39, 0.29) is 11.3 Å². The van der Waals surface area contributed by atoms with E-state index in [1.54, 1.807) is 12.1 Å². The zero-order chi connectivity index (χ0) is 13.8. The topological polar surface area (TPSA) is 107 Å². The van der Waals surface area contributed by atoms with Crippen LogP contribution in [0, 0.1) is 17.2 Å². The Balaban J connectivity index is 2.90. The van der Waals surface area contributed by atoms with Crippen molar-refractivity contribution in [1.82, 2.24) is 0 Å². The van der Waals surface area contributed by atoms with Gasteiger partial charge in [0.15, 0.2) is 0 Å². The molecule has 1 aromatic rings. The fraction of sp³-hybridized carbons (Fsp3) is 0.273. The van der Waals surface area contributed by atoms with E-state index in [1.807, 2.05) is 6.07 Å². The molecule has 7 heteroatoms. The lowest BCUT2D eigenvalue weighted by molar-refractivity contribution is -0.140. The largest absolute Gasteiger partial charge is 0.481 e. The summed E-state index contributed by atoms with van der Waals surface area (Å²) in [5.41, 5.74) is 0.335. The van der Waals surface area contributed by atoms with Crippen LogP contribution in [0.1, 0.15) is 12.5 Å². The third kappa shape index (κ3) is 3.75. The predicted molar refractivity (Wildman–Crippen MR) is 65.4 cm³/mol. The number of sulfonamides is 1. The number of carbonyl (C=O) groups is 1. The van der Waals surface area contributed by atoms with Crippen LogP contribution in [-0.2, 0) is 14.8 Å². The van der Waals surface area contributed by atoms with Crippen molar-refractivity contribution in [3.05, 3.63) is 29.8 Å². The summed E-state index contributed by atoms with van der Waals surface area (Å²) in [5, 5.41) is 17.5. The van der Waals surface area contributed by atoms with Crippen LogP contribution in [0.3, 0.4) is 0 Å². The highest BCUT2D eigenvalue weighted by Gasteiger charge is 2.21. The first-order valence-electron chi connectivity index (χ1n) is 5.08. The van der Waals surface area contributed by atoms with Crippen LogP contribution in [0.5, 0.6) is 0 Å². The van der Waals surface area contributed by atoms with Crippen LogP contribution in [0.25, 0.3) is 0 Å². The SMILES string of the molecule is CC(CS(=O)(=O)Nc1ccccc1C#N)C(=O)O. The first-order chi connectivity index (χ1) is 8.35. The number of anilines is 1. The summed E-state index contributed by atoms with van der Waals surface area (Å²) in [7, 11) is -3.79. The van der Waals surface area contributed by atoms with E-state index in [1.165, 1.54) is 19.1 Å². The van der Waals surface area contributed by atoms with Gasteiger partial charge in [-0.3, -0.25) is 9.52 Å². The molecule has 0 amide bonds. The number of hydrogen-bond acceptors (Lipinski definition) is 4. The van der Waals surface area contributed by atoms with Crippen LogP contribution >= 0.6 is 0 Å². The molecule has 1 unspecified atom stereocenters. The van der Waals surface area contributed by atoms with Crippen LogP contribution in [0.4, 0.5) is 5.69 Å². The Bertz CT molecular complexity index is 589. The van der Waals surface area contributed by atoms with Gasteiger partial charge in [-0.25, -0.2) is 8.42 Å². The molecule has 0 spiro atoms. The van der Waals surface area contributed by atoms with Gasteiger partial charge in [-0.2, -0.15) is 5.26 Å². The molecule has 18 heavy (non-hydrogen) atoms. The van der Waals surface area contributed by atoms with E-state index < -0.39 is 27.7 Å². The van der Waals surface area contributed by atoms with Crippen LogP contribution in [0.2, 0.25) is 0 Å². The molecule has 0 fully saturated rings. The maximum Gasteiger partial charge on any atom is 0.307 e. The summed E-state index contributed by atoms with van der Waals surface area (Å²) in [6, 6.07) is 7.96. The molecule has 1 rings (SSSR count). The summed E-state index contributed by atoms with van der Waals surface area (Å²) in [6.07, 6.45) is 0. The van der Waals surface area contributed by atoms with E-state index in [0.717, 1.165) is 0 Å². The Morgan fingerprint density at radius 1 is 1.50 bits per heavy atom. The molecule has 0 saturated heterocycles. The van der Waals surface area contributed by atoms with Crippen molar-refractivity contribution < 1.29 is 18.3 Å². The van der Waals surface area contributed by atoms with E-state index in [2.05, 4.69) is 4.72 Å². The highest BCUT2D eigenvalue weighted by molar-refractivity contribution is 7.92. The number of aliphatic carboxylic acids is 1. The van der Waals surface area contributed by atoms with Gasteiger partial charge in [-0.1, -0.05) is 19.1 Å². The van der Waals surface area contributed by atoms with Crippen LogP contribution in [-0.4, -0.2) is 25.2 Å². The maximum atomic E-state index is 11.7. The monoisotopic (exact) mass is 268 g/mol. The smallest absolute Gasteiger partial charge is 0.307 e. The molecule has 6 nitrogen and oxygen atoms in total. The number of rotatable bonds is 5. The standard InChI is InChI=1S/C11H12N2O4S/c1-8(11(14)15)7-18(16,17)13-10-5-3-2-4-9(10)6-12/h2-5,8,13H,7H2,1H3,(H,14,15). The van der Waals surface area contributed by atoms with Crippen molar-refractivity contribution in [2.75, 3.05) is 10.5 Å². The van der Waals surface area contributed by atoms with Gasteiger partial charge in [-0.15, -0.1) is 0 Å². The molecule has 2 N–H and O–H groups in total. The Morgan fingerprint density at radius 3 is 2.67 bits per heavy atom. The van der Waals surface area contributed by atoms with Gasteiger partial charge in [0.2, 0.25) is 10.0 Å². The van der Waals surface area contributed by atoms with Gasteiger partial charge < -0.3 is 5.11 Å². The van der Waals surface area contributed by atoms with E-state index in [0.29, 0.717) is 0 Å². The summed E-state index contributed by atoms with van der Waals surface area (Å²) in [4.78, 5) is 10.6. The number of nitrogens with zero attached hydrogens (tertiary/aromatic N) is 1. The second-order valence-corrected chi connectivity index (χ2v) is 5.55. The van der Waals surface area contributed by atoms with Crippen molar-refractivity contribution in [3.8, 4) is 6.07 Å². The fourth-order valence-corrected chi connectivity index (χ4v) is 2.68. The average molecular weight is 268 g/mol. The third-order valence-corrected chi connectivity index (χ3v) is 3.67. The Kier molecular flexibility index (Phi) is 4.28. The molecule has 96 valence electrons. The molecule has 0 aliphatic carbocycles. The summed E-state index contributed by atoms with van der Waals surface area (Å²) >= 11 is 0. The van der Waals surface area contributed by atoms with E-state index in [4.69, 9.17) is 10.4 Å². The molecule has 0 aliphatic rings. The third-order valence-electron chi connectivity index (χ3n) is 2.20. The normalized spacial score (nSPS) is 12.4. The molecule has 0 heterocycles. The minimum absolute atomic E-state index is 0.151. The van der Waals surface area contributed by atoms with Gasteiger partial charge in [0.25, 0.3) is 0 Å². The predicted octanol–water partition coefficient (Wildman–Crippen LogP) is 1.02. The van der Waals surface area contributed by atoms with E-state index >= 15 is 0 Å². The summed E-state index contributed by atoms with van der Waals surface area (Å²) < 4.78 is 25.6. The van der Waals surface area contributed by atoms with Gasteiger partial charge in [-0.05, 0) is 12.1 Å². The molecule has 0 saturated carbocycles. The first-order valence-corrected chi connectivity index (χ1v) is 6.73. The fourth-order valence-electron chi connectivity index (χ4n) is 1.28. The molecular formula is C11H12N2O4S. The quantitative estimate of drug-likeness (QED) is 0.829. The van der Waals surface area contributed by atoms with Crippen LogP contribution in [0.15, 0.2) is 24.3 Å². The van der Waals surface area contributed by atoms with Gasteiger partial charge in [0, 0.05) is 0 Å². The zero-order valence-corrected chi connectivity index (χ0v) is 10.4. The lowest BCUT2D eigenvalue weighted by atomic mass is 10.2. The maximum absolute atomic E-state index is 11.7. The van der Waals surface area contributed by atoms with Crippen molar-refractivity contribution >= 4 is 21.7 Å². The molecule has 1 aromatic carbocycles. The Labute approximate surface area is 105 Å². The lowest BCUT2D eigenvalue weighted by Crippen LogP contribution is -2.26. The Hall–Kier alpha value is -2.07. The average Bonchev–Trinajstić information content (AvgIpc) is 2.28. The number of carboxylic acid groups (broad SMARTS) is 1. The second-order valence-electron chi connectivity index (χ2n) is 3.78. The van der Waals surface area contributed by atoms with Gasteiger partial charge in [0.05, 0.1) is 22.9 Å². The highest BCUT2D eigenvalue weighted by atomic mass is 32.2. The molecule has 0 aliphatic heterocycles. The lowest BCUT2D eigenvalue weighted by Gasteiger charge is -2.11. The molecule has 0 radical (unpaired) electrons. The summed E-state index contributed by atoms with van der Waals surface area (Å²) in [6.45, 7) is 1.30. The molecule has 1 atom stereocenters. The van der Waals surface area contributed by atoms with Crippen LogP contribution < -0.4 is 4.72 Å². The van der Waals surface area contributed by atoms with Gasteiger partial charge >= 0.3 is 5.97 Å². The number of carboxylic acids is 1. The number of benzene rings is 1. The number of hydrogen-bond donors (Lipinski definition) is 2. The highest BCUT2D eigenvalue weighted by Crippen LogP contribution is 2.16. The first kappa shape index (κ1) is 14.0. The molecular weight excluding hydrogens is 256 g/mol. The van der Waals surface area contributed by atoms with Gasteiger partial charge in [0.1, 0.15) is 6.07 Å². The molecule has 0 bridgehead atoms. The second kappa shape index (κ2) is 5.51. The van der Waals surface area contributed by atoms with Crippen molar-refractivity contribution in [3.63, 3.8) is 0 Å². The Morgan fingerprint density at radius 2 is 2.11 bits per heavy atom. The zero-order valence-electron chi connectivity index (χ0n) is 9.62. The van der Waals surface area contributed by atoms with E-state index in [9.17, 15) is 13.2 Å². The number of nitriles is 1. The van der Waals surface area contributed by atoms with Crippen molar-refractivity contribution in [2.24, 2.45) is 5.92 Å². The minimum atomic E-state index is -3.79. The van der Waals surface area contributed by atoms with Crippen molar-refractivity contribution in [1.29, 1.82) is 5.26 Å².